The summed E-state index contributed by atoms with van der Waals surface area (Å²) >= 11 is 2.82. The molecule has 4 rings (SSSR count). The summed E-state index contributed by atoms with van der Waals surface area (Å²) in [6.45, 7) is 0.676. The number of rotatable bonds is 8. The van der Waals surface area contributed by atoms with Crippen molar-refractivity contribution >= 4 is 49.8 Å². The summed E-state index contributed by atoms with van der Waals surface area (Å²) < 4.78 is 6.25. The fraction of sp³-hybridized carbons (Fsp3) is 0.174. The van der Waals surface area contributed by atoms with Crippen LogP contribution in [-0.2, 0) is 11.3 Å². The highest BCUT2D eigenvalue weighted by Gasteiger charge is 2.20. The Morgan fingerprint density at radius 1 is 1.10 bits per heavy atom. The van der Waals surface area contributed by atoms with E-state index in [2.05, 4.69) is 10.3 Å². The van der Waals surface area contributed by atoms with Gasteiger partial charge in [0.2, 0.25) is 5.91 Å². The van der Waals surface area contributed by atoms with Gasteiger partial charge in [0, 0.05) is 13.0 Å². The molecule has 158 valence electrons. The predicted molar refractivity (Wildman–Crippen MR) is 125 cm³/mol. The molecule has 8 heteroatoms. The van der Waals surface area contributed by atoms with Crippen LogP contribution in [0.2, 0.25) is 0 Å². The molecule has 1 N–H and O–H groups in total. The number of thiazole rings is 1. The molecule has 0 saturated heterocycles. The lowest BCUT2D eigenvalue weighted by molar-refractivity contribution is -0.118. The van der Waals surface area contributed by atoms with E-state index in [9.17, 15) is 9.59 Å². The van der Waals surface area contributed by atoms with Crippen molar-refractivity contribution in [2.45, 2.75) is 13.0 Å². The van der Waals surface area contributed by atoms with Crippen molar-refractivity contribution in [3.63, 3.8) is 0 Å². The van der Waals surface area contributed by atoms with Crippen LogP contribution in [0.4, 0.5) is 5.13 Å². The van der Waals surface area contributed by atoms with Crippen molar-refractivity contribution in [3.8, 4) is 5.75 Å². The third-order valence-electron chi connectivity index (χ3n) is 4.67. The second-order valence-electron chi connectivity index (χ2n) is 6.78. The number of nitrogens with one attached hydrogen (secondary N) is 1. The Labute approximate surface area is 188 Å². The Bertz CT molecular complexity index is 1170. The molecular weight excluding hydrogens is 430 g/mol. The van der Waals surface area contributed by atoms with Crippen LogP contribution in [0, 0.1) is 0 Å². The second kappa shape index (κ2) is 9.72. The summed E-state index contributed by atoms with van der Waals surface area (Å²) in [7, 11) is 1.62. The van der Waals surface area contributed by atoms with Crippen molar-refractivity contribution in [1.29, 1.82) is 0 Å². The molecule has 2 heterocycles. The minimum Gasteiger partial charge on any atom is -0.497 e. The first kappa shape index (κ1) is 21.0. The molecule has 0 atom stereocenters. The monoisotopic (exact) mass is 451 g/mol. The van der Waals surface area contributed by atoms with E-state index in [0.717, 1.165) is 21.5 Å². The summed E-state index contributed by atoms with van der Waals surface area (Å²) in [6, 6.07) is 19.1. The molecule has 0 saturated carbocycles. The molecule has 0 spiro atoms. The van der Waals surface area contributed by atoms with Crippen molar-refractivity contribution < 1.29 is 14.3 Å². The lowest BCUT2D eigenvalue weighted by Gasteiger charge is -2.20. The van der Waals surface area contributed by atoms with Gasteiger partial charge in [-0.1, -0.05) is 47.7 Å². The van der Waals surface area contributed by atoms with Crippen LogP contribution >= 0.6 is 22.7 Å². The molecule has 0 unspecified atom stereocenters. The normalized spacial score (nSPS) is 10.7. The largest absolute Gasteiger partial charge is 0.497 e. The summed E-state index contributed by atoms with van der Waals surface area (Å²) in [5.41, 5.74) is 1.83. The number of carbonyl (C=O) groups is 2. The quantitative estimate of drug-likeness (QED) is 0.421. The number of methoxy groups -OCH3 is 1. The number of fused-ring (bicyclic) bond motifs is 1. The number of hydrogen-bond donors (Lipinski definition) is 1. The van der Waals surface area contributed by atoms with Gasteiger partial charge in [0.05, 0.1) is 28.7 Å². The average molecular weight is 452 g/mol. The van der Waals surface area contributed by atoms with Gasteiger partial charge in [-0.3, -0.25) is 14.5 Å². The average Bonchev–Trinajstić information content (AvgIpc) is 3.47. The second-order valence-corrected chi connectivity index (χ2v) is 8.74. The van der Waals surface area contributed by atoms with E-state index in [-0.39, 0.29) is 24.8 Å². The van der Waals surface area contributed by atoms with Gasteiger partial charge in [0.25, 0.3) is 5.91 Å². The van der Waals surface area contributed by atoms with Crippen LogP contribution in [0.1, 0.15) is 21.7 Å². The predicted octanol–water partition coefficient (Wildman–Crippen LogP) is 4.72. The summed E-state index contributed by atoms with van der Waals surface area (Å²) in [5.74, 6) is 0.491. The molecule has 6 nitrogen and oxygen atoms in total. The number of ether oxygens (including phenoxy) is 1. The first-order valence-corrected chi connectivity index (χ1v) is 11.4. The van der Waals surface area contributed by atoms with E-state index in [1.165, 1.54) is 22.7 Å². The molecule has 0 bridgehead atoms. The minimum atomic E-state index is -0.163. The lowest BCUT2D eigenvalue weighted by atomic mass is 10.2. The molecule has 0 fully saturated rings. The van der Waals surface area contributed by atoms with Crippen molar-refractivity contribution in [2.75, 3.05) is 18.6 Å². The van der Waals surface area contributed by atoms with Crippen molar-refractivity contribution in [1.82, 2.24) is 10.3 Å². The van der Waals surface area contributed by atoms with E-state index in [4.69, 9.17) is 4.74 Å². The molecule has 0 aliphatic rings. The fourth-order valence-corrected chi connectivity index (χ4v) is 4.73. The van der Waals surface area contributed by atoms with Gasteiger partial charge in [-0.15, -0.1) is 11.3 Å². The first-order valence-electron chi connectivity index (χ1n) is 9.74. The Morgan fingerprint density at radius 3 is 2.68 bits per heavy atom. The Morgan fingerprint density at radius 2 is 1.94 bits per heavy atom. The topological polar surface area (TPSA) is 71.5 Å². The molecule has 2 amide bonds. The number of benzene rings is 2. The van der Waals surface area contributed by atoms with Crippen LogP contribution in [0.25, 0.3) is 10.2 Å². The number of anilines is 1. The van der Waals surface area contributed by atoms with Gasteiger partial charge in [0.15, 0.2) is 5.13 Å². The zero-order valence-corrected chi connectivity index (χ0v) is 18.5. The lowest BCUT2D eigenvalue weighted by Crippen LogP contribution is -2.34. The summed E-state index contributed by atoms with van der Waals surface area (Å²) in [6.07, 6.45) is 0.184. The third-order valence-corrected chi connectivity index (χ3v) is 6.58. The zero-order chi connectivity index (χ0) is 21.6. The van der Waals surface area contributed by atoms with E-state index in [1.807, 2.05) is 60.0 Å². The van der Waals surface area contributed by atoms with Gasteiger partial charge in [-0.25, -0.2) is 4.98 Å². The molecule has 2 aromatic carbocycles. The van der Waals surface area contributed by atoms with Crippen LogP contribution in [0.3, 0.4) is 0 Å². The standard InChI is InChI=1S/C23H21N3O3S2/c1-29-17-9-10-18-20(14-17)31-23(25-18)26(15-16-6-3-2-4-7-16)21(27)11-12-24-22(28)19-8-5-13-30-19/h2-10,13-14H,11-12,15H2,1H3,(H,24,28). The molecule has 0 aliphatic carbocycles. The maximum absolute atomic E-state index is 13.1. The van der Waals surface area contributed by atoms with Gasteiger partial charge >= 0.3 is 0 Å². The number of amides is 2. The minimum absolute atomic E-state index is 0.0960. The maximum Gasteiger partial charge on any atom is 0.261 e. The van der Waals surface area contributed by atoms with Crippen LogP contribution < -0.4 is 15.0 Å². The number of thiophene rings is 1. The Balaban J connectivity index is 1.52. The molecule has 0 aliphatic heterocycles. The smallest absolute Gasteiger partial charge is 0.261 e. The highest BCUT2D eigenvalue weighted by Crippen LogP contribution is 2.32. The molecular formula is C23H21N3O3S2. The molecule has 0 radical (unpaired) electrons. The molecule has 2 aromatic heterocycles. The molecule has 31 heavy (non-hydrogen) atoms. The van der Waals surface area contributed by atoms with Crippen LogP contribution in [-0.4, -0.2) is 30.5 Å². The summed E-state index contributed by atoms with van der Waals surface area (Å²) in [5, 5.41) is 5.30. The third kappa shape index (κ3) is 5.10. The number of aromatic nitrogens is 1. The van der Waals surface area contributed by atoms with Crippen LogP contribution in [0.15, 0.2) is 66.0 Å². The van der Waals surface area contributed by atoms with Gasteiger partial charge in [0.1, 0.15) is 5.75 Å². The van der Waals surface area contributed by atoms with E-state index < -0.39 is 0 Å². The van der Waals surface area contributed by atoms with Crippen molar-refractivity contribution in [3.05, 3.63) is 76.5 Å². The first-order chi connectivity index (χ1) is 15.1. The van der Waals surface area contributed by atoms with E-state index >= 15 is 0 Å². The number of hydrogen-bond acceptors (Lipinski definition) is 6. The van der Waals surface area contributed by atoms with Gasteiger partial charge < -0.3 is 10.1 Å². The summed E-state index contributed by atoms with van der Waals surface area (Å²) in [4.78, 5) is 32.3. The van der Waals surface area contributed by atoms with Gasteiger partial charge in [-0.05, 0) is 35.2 Å². The van der Waals surface area contributed by atoms with Crippen LogP contribution in [0.5, 0.6) is 5.75 Å². The maximum atomic E-state index is 13.1. The number of nitrogens with zero attached hydrogens (tertiary/aromatic N) is 2. The molecule has 4 aromatic rings. The highest BCUT2D eigenvalue weighted by molar-refractivity contribution is 7.22. The Kier molecular flexibility index (Phi) is 6.59. The van der Waals surface area contributed by atoms with Crippen molar-refractivity contribution in [2.24, 2.45) is 0 Å². The Hall–Kier alpha value is -3.23. The van der Waals surface area contributed by atoms with Gasteiger partial charge in [-0.2, -0.15) is 0 Å². The fourth-order valence-electron chi connectivity index (χ4n) is 3.08. The van der Waals surface area contributed by atoms with E-state index in [0.29, 0.717) is 16.6 Å². The van der Waals surface area contributed by atoms with E-state index in [1.54, 1.807) is 18.1 Å². The number of carbonyl (C=O) groups excluding carboxylic acids is 2. The highest BCUT2D eigenvalue weighted by atomic mass is 32.1. The zero-order valence-electron chi connectivity index (χ0n) is 16.9. The SMILES string of the molecule is COc1ccc2nc(N(Cc3ccccc3)C(=O)CCNC(=O)c3cccs3)sc2c1.